The average molecular weight is 324 g/mol. The fourth-order valence-electron chi connectivity index (χ4n) is 1.70. The Morgan fingerprint density at radius 2 is 1.77 bits per heavy atom. The molecule has 0 saturated carbocycles. The summed E-state index contributed by atoms with van der Waals surface area (Å²) in [7, 11) is -0.412. The minimum atomic E-state index is -1.80. The molecule has 0 fully saturated rings. The van der Waals surface area contributed by atoms with Crippen molar-refractivity contribution in [1.82, 2.24) is 5.32 Å². The number of hydrogen-bond acceptors (Lipinski definition) is 4. The van der Waals surface area contributed by atoms with Gasteiger partial charge in [0.15, 0.2) is 0 Å². The largest absolute Gasteiger partial charge is 0.544 e. The Balaban J connectivity index is 2.69. The van der Waals surface area contributed by atoms with Gasteiger partial charge in [-0.1, -0.05) is 32.9 Å². The molecule has 4 nitrogen and oxygen atoms in total. The molecule has 0 bridgehead atoms. The highest BCUT2D eigenvalue weighted by Crippen LogP contribution is 2.37. The molecule has 1 aromatic rings. The molecule has 0 aliphatic rings. The summed E-state index contributed by atoms with van der Waals surface area (Å²) in [4.78, 5) is 11.2. The minimum Gasteiger partial charge on any atom is -0.544 e. The van der Waals surface area contributed by atoms with E-state index in [2.05, 4.69) is 43.9 Å². The smallest absolute Gasteiger partial charge is 0.319 e. The second kappa shape index (κ2) is 7.29. The molecule has 0 aromatic heterocycles. The number of ether oxygens (including phenoxy) is 1. The molecule has 0 heterocycles. The Morgan fingerprint density at radius 1 is 1.23 bits per heavy atom. The number of nitrogens with one attached hydrogen (secondary N) is 1. The van der Waals surface area contributed by atoms with Crippen LogP contribution in [-0.4, -0.2) is 27.9 Å². The lowest BCUT2D eigenvalue weighted by Crippen LogP contribution is -2.43. The number of benzene rings is 1. The summed E-state index contributed by atoms with van der Waals surface area (Å²) in [6.45, 7) is 13.4. The highest BCUT2D eigenvalue weighted by molar-refractivity contribution is 6.74. The van der Waals surface area contributed by atoms with Crippen LogP contribution in [0, 0.1) is 0 Å². The van der Waals surface area contributed by atoms with Gasteiger partial charge in [-0.2, -0.15) is 0 Å². The number of esters is 1. The van der Waals surface area contributed by atoms with E-state index < -0.39 is 8.32 Å². The van der Waals surface area contributed by atoms with Gasteiger partial charge in [0, 0.05) is 6.04 Å². The van der Waals surface area contributed by atoms with Gasteiger partial charge in [0.25, 0.3) is 0 Å². The van der Waals surface area contributed by atoms with E-state index in [1.54, 1.807) is 0 Å². The predicted molar refractivity (Wildman–Crippen MR) is 92.7 cm³/mol. The molecule has 1 aromatic carbocycles. The van der Waals surface area contributed by atoms with Gasteiger partial charge in [-0.3, -0.25) is 4.79 Å². The highest BCUT2D eigenvalue weighted by Gasteiger charge is 2.38. The number of methoxy groups -OCH3 is 1. The lowest BCUT2D eigenvalue weighted by Gasteiger charge is -2.36. The van der Waals surface area contributed by atoms with Crippen LogP contribution >= 0.6 is 0 Å². The van der Waals surface area contributed by atoms with Crippen molar-refractivity contribution in [1.29, 1.82) is 0 Å². The second-order valence-electron chi connectivity index (χ2n) is 7.11. The average Bonchev–Trinajstić information content (AvgIpc) is 2.43. The summed E-state index contributed by atoms with van der Waals surface area (Å²) < 4.78 is 10.9. The molecule has 1 N–H and O–H groups in total. The quantitative estimate of drug-likeness (QED) is 0.637. The number of carbonyl (C=O) groups excluding carboxylic acids is 1. The van der Waals surface area contributed by atoms with E-state index in [4.69, 9.17) is 4.43 Å². The molecule has 5 heteroatoms. The Kier molecular flexibility index (Phi) is 6.20. The van der Waals surface area contributed by atoms with Crippen LogP contribution in [0.5, 0.6) is 5.75 Å². The van der Waals surface area contributed by atoms with Crippen molar-refractivity contribution in [3.05, 3.63) is 29.8 Å². The summed E-state index contributed by atoms with van der Waals surface area (Å²) in [6, 6.07) is 8.17. The van der Waals surface area contributed by atoms with Crippen LogP contribution in [-0.2, 0) is 9.53 Å². The van der Waals surface area contributed by atoms with Gasteiger partial charge in [0.1, 0.15) is 5.75 Å². The van der Waals surface area contributed by atoms with Crippen molar-refractivity contribution < 1.29 is 14.0 Å². The molecule has 0 saturated heterocycles. The van der Waals surface area contributed by atoms with Crippen molar-refractivity contribution in [2.75, 3.05) is 13.7 Å². The van der Waals surface area contributed by atoms with Gasteiger partial charge in [-0.05, 0) is 42.8 Å². The van der Waals surface area contributed by atoms with Crippen LogP contribution in [0.2, 0.25) is 18.1 Å². The van der Waals surface area contributed by atoms with Crippen LogP contribution in [0.3, 0.4) is 0 Å². The lowest BCUT2D eigenvalue weighted by molar-refractivity contribution is -0.139. The van der Waals surface area contributed by atoms with Crippen LogP contribution in [0.15, 0.2) is 24.3 Å². The maximum Gasteiger partial charge on any atom is 0.319 e. The molecular weight excluding hydrogens is 294 g/mol. The number of rotatable bonds is 6. The minimum absolute atomic E-state index is 0.0843. The van der Waals surface area contributed by atoms with Crippen molar-refractivity contribution in [3.8, 4) is 5.75 Å². The fraction of sp³-hybridized carbons (Fsp3) is 0.588. The number of hydrogen-bond donors (Lipinski definition) is 1. The zero-order chi connectivity index (χ0) is 17.0. The van der Waals surface area contributed by atoms with Crippen molar-refractivity contribution in [2.24, 2.45) is 0 Å². The van der Waals surface area contributed by atoms with Gasteiger partial charge in [0.2, 0.25) is 8.32 Å². The molecular formula is C17H29NO3Si. The molecule has 0 amide bonds. The summed E-state index contributed by atoms with van der Waals surface area (Å²) >= 11 is 0. The lowest BCUT2D eigenvalue weighted by atomic mass is 10.1. The van der Waals surface area contributed by atoms with Crippen LogP contribution < -0.4 is 9.74 Å². The third-order valence-electron chi connectivity index (χ3n) is 4.34. The maximum absolute atomic E-state index is 11.2. The zero-order valence-corrected chi connectivity index (χ0v) is 15.8. The molecule has 22 heavy (non-hydrogen) atoms. The molecule has 0 aliphatic heterocycles. The van der Waals surface area contributed by atoms with E-state index in [1.807, 2.05) is 31.2 Å². The first-order valence-electron chi connectivity index (χ1n) is 7.66. The summed E-state index contributed by atoms with van der Waals surface area (Å²) in [5, 5.41) is 3.32. The van der Waals surface area contributed by atoms with Crippen molar-refractivity contribution in [2.45, 2.75) is 51.9 Å². The zero-order valence-electron chi connectivity index (χ0n) is 14.8. The van der Waals surface area contributed by atoms with E-state index >= 15 is 0 Å². The predicted octanol–water partition coefficient (Wildman–Crippen LogP) is 3.89. The van der Waals surface area contributed by atoms with Crippen molar-refractivity contribution in [3.63, 3.8) is 0 Å². The topological polar surface area (TPSA) is 47.6 Å². The third-order valence-corrected chi connectivity index (χ3v) is 8.70. The van der Waals surface area contributed by atoms with E-state index in [1.165, 1.54) is 7.11 Å². The van der Waals surface area contributed by atoms with Gasteiger partial charge in [0.05, 0.1) is 13.7 Å². The van der Waals surface area contributed by atoms with E-state index in [-0.39, 0.29) is 23.6 Å². The summed E-state index contributed by atoms with van der Waals surface area (Å²) in [5.41, 5.74) is 1.12. The Labute approximate surface area is 135 Å². The summed E-state index contributed by atoms with van der Waals surface area (Å²) in [5.74, 6) is 0.653. The Morgan fingerprint density at radius 3 is 2.23 bits per heavy atom. The van der Waals surface area contributed by atoms with Crippen LogP contribution in [0.1, 0.15) is 39.3 Å². The maximum atomic E-state index is 11.2. The van der Waals surface area contributed by atoms with E-state index in [9.17, 15) is 4.79 Å². The Hall–Kier alpha value is -1.33. The molecule has 124 valence electrons. The van der Waals surface area contributed by atoms with Crippen molar-refractivity contribution >= 4 is 14.3 Å². The molecule has 0 radical (unpaired) electrons. The molecule has 0 unspecified atom stereocenters. The van der Waals surface area contributed by atoms with Gasteiger partial charge >= 0.3 is 5.97 Å². The van der Waals surface area contributed by atoms with Crippen LogP contribution in [0.25, 0.3) is 0 Å². The van der Waals surface area contributed by atoms with Crippen LogP contribution in [0.4, 0.5) is 0 Å². The van der Waals surface area contributed by atoms with E-state index in [0.717, 1.165) is 11.3 Å². The fourth-order valence-corrected chi connectivity index (χ4v) is 2.73. The monoisotopic (exact) mass is 323 g/mol. The van der Waals surface area contributed by atoms with Gasteiger partial charge in [-0.15, -0.1) is 0 Å². The first kappa shape index (κ1) is 18.7. The molecule has 0 spiro atoms. The second-order valence-corrected chi connectivity index (χ2v) is 11.8. The molecule has 0 aliphatic carbocycles. The third kappa shape index (κ3) is 5.14. The normalized spacial score (nSPS) is 13.6. The summed E-state index contributed by atoms with van der Waals surface area (Å²) in [6.07, 6.45) is 0. The van der Waals surface area contributed by atoms with E-state index in [0.29, 0.717) is 0 Å². The highest BCUT2D eigenvalue weighted by atomic mass is 28.4. The number of carbonyl (C=O) groups is 1. The Bertz CT molecular complexity index is 492. The van der Waals surface area contributed by atoms with Gasteiger partial charge in [-0.25, -0.2) is 0 Å². The standard InChI is InChI=1S/C17H29NO3Si/c1-13(18-12-16(19)20-5)14-8-10-15(11-9-14)21-22(6,7)17(2,3)4/h8-11,13,18H,12H2,1-7H3/t13-/m0/s1. The molecule has 1 atom stereocenters. The first-order chi connectivity index (χ1) is 10.1. The van der Waals surface area contributed by atoms with Gasteiger partial charge < -0.3 is 14.5 Å². The molecule has 1 rings (SSSR count). The first-order valence-corrected chi connectivity index (χ1v) is 10.6. The SMILES string of the molecule is COC(=O)CN[C@@H](C)c1ccc(O[Si](C)(C)C(C)(C)C)cc1.